The summed E-state index contributed by atoms with van der Waals surface area (Å²) in [4.78, 5) is 12.2. The summed E-state index contributed by atoms with van der Waals surface area (Å²) < 4.78 is 1.63. The maximum absolute atomic E-state index is 12.2. The third kappa shape index (κ3) is 3.76. The second kappa shape index (κ2) is 6.65. The minimum Gasteiger partial charge on any atom is -0.352 e. The topological polar surface area (TPSA) is 71.8 Å². The van der Waals surface area contributed by atoms with E-state index in [0.29, 0.717) is 12.6 Å². The third-order valence-corrected chi connectivity index (χ3v) is 3.64. The second-order valence-electron chi connectivity index (χ2n) is 5.24. The molecule has 0 aliphatic heterocycles. The molecule has 0 saturated heterocycles. The minimum absolute atomic E-state index is 0.0350. The standard InChI is InChI=1S/C13H23N5O/c1-10(18-9-12(8-14-2)16-17-18)13(19)15-11-6-4-3-5-7-11/h9-11,14H,3-8H2,1-2H3,(H,15,19). The molecule has 1 saturated carbocycles. The van der Waals surface area contributed by atoms with E-state index in [9.17, 15) is 4.79 Å². The Labute approximate surface area is 113 Å². The zero-order valence-corrected chi connectivity index (χ0v) is 11.7. The Morgan fingerprint density at radius 2 is 2.21 bits per heavy atom. The van der Waals surface area contributed by atoms with Gasteiger partial charge in [-0.05, 0) is 26.8 Å². The Hall–Kier alpha value is -1.43. The fraction of sp³-hybridized carbons (Fsp3) is 0.769. The normalized spacial score (nSPS) is 18.2. The predicted molar refractivity (Wildman–Crippen MR) is 72.5 cm³/mol. The molecule has 1 aliphatic carbocycles. The molecule has 0 radical (unpaired) electrons. The lowest BCUT2D eigenvalue weighted by Gasteiger charge is -2.24. The second-order valence-corrected chi connectivity index (χ2v) is 5.24. The van der Waals surface area contributed by atoms with Crippen molar-refractivity contribution in [3.8, 4) is 0 Å². The van der Waals surface area contributed by atoms with Crippen molar-refractivity contribution in [1.82, 2.24) is 25.6 Å². The lowest BCUT2D eigenvalue weighted by molar-refractivity contribution is -0.125. The molecule has 1 amide bonds. The lowest BCUT2D eigenvalue weighted by atomic mass is 9.95. The number of hydrogen-bond acceptors (Lipinski definition) is 4. The summed E-state index contributed by atoms with van der Waals surface area (Å²) in [5, 5.41) is 14.2. The van der Waals surface area contributed by atoms with Crippen molar-refractivity contribution in [1.29, 1.82) is 0 Å². The number of aromatic nitrogens is 3. The molecular formula is C13H23N5O. The Morgan fingerprint density at radius 3 is 2.89 bits per heavy atom. The smallest absolute Gasteiger partial charge is 0.244 e. The first-order chi connectivity index (χ1) is 9.20. The average molecular weight is 265 g/mol. The first-order valence-corrected chi connectivity index (χ1v) is 7.06. The summed E-state index contributed by atoms with van der Waals surface area (Å²) in [7, 11) is 1.86. The summed E-state index contributed by atoms with van der Waals surface area (Å²) in [5.74, 6) is 0.0350. The van der Waals surface area contributed by atoms with E-state index in [1.54, 1.807) is 4.68 Å². The van der Waals surface area contributed by atoms with Crippen molar-refractivity contribution in [2.75, 3.05) is 7.05 Å². The number of amides is 1. The molecule has 0 spiro atoms. The van der Waals surface area contributed by atoms with Crippen LogP contribution in [0.4, 0.5) is 0 Å². The maximum atomic E-state index is 12.2. The van der Waals surface area contributed by atoms with Gasteiger partial charge in [0.25, 0.3) is 0 Å². The average Bonchev–Trinajstić information content (AvgIpc) is 2.88. The van der Waals surface area contributed by atoms with Gasteiger partial charge in [-0.2, -0.15) is 0 Å². The largest absolute Gasteiger partial charge is 0.352 e. The van der Waals surface area contributed by atoms with Crippen molar-refractivity contribution in [3.63, 3.8) is 0 Å². The van der Waals surface area contributed by atoms with Gasteiger partial charge >= 0.3 is 0 Å². The summed E-state index contributed by atoms with van der Waals surface area (Å²) in [5.41, 5.74) is 0.847. The first-order valence-electron chi connectivity index (χ1n) is 7.06. The van der Waals surface area contributed by atoms with Gasteiger partial charge in [0.1, 0.15) is 6.04 Å². The van der Waals surface area contributed by atoms with Crippen LogP contribution in [-0.2, 0) is 11.3 Å². The molecule has 1 atom stereocenters. The van der Waals surface area contributed by atoms with Gasteiger partial charge in [-0.1, -0.05) is 24.5 Å². The van der Waals surface area contributed by atoms with Crippen LogP contribution in [-0.4, -0.2) is 34.0 Å². The Bertz CT molecular complexity index is 411. The Kier molecular flexibility index (Phi) is 4.90. The molecular weight excluding hydrogens is 242 g/mol. The van der Waals surface area contributed by atoms with E-state index < -0.39 is 0 Å². The van der Waals surface area contributed by atoms with Crippen LogP contribution in [0.3, 0.4) is 0 Å². The zero-order chi connectivity index (χ0) is 13.7. The summed E-state index contributed by atoms with van der Waals surface area (Å²) in [6.07, 6.45) is 7.74. The van der Waals surface area contributed by atoms with Crippen molar-refractivity contribution >= 4 is 5.91 Å². The number of carbonyl (C=O) groups excluding carboxylic acids is 1. The van der Waals surface area contributed by atoms with E-state index in [1.165, 1.54) is 19.3 Å². The van der Waals surface area contributed by atoms with Crippen molar-refractivity contribution < 1.29 is 4.79 Å². The SMILES string of the molecule is CNCc1cn(C(C)C(=O)NC2CCCCC2)nn1. The van der Waals surface area contributed by atoms with E-state index in [0.717, 1.165) is 18.5 Å². The fourth-order valence-corrected chi connectivity index (χ4v) is 2.45. The number of hydrogen-bond donors (Lipinski definition) is 2. The van der Waals surface area contributed by atoms with Crippen LogP contribution < -0.4 is 10.6 Å². The quantitative estimate of drug-likeness (QED) is 0.833. The van der Waals surface area contributed by atoms with Gasteiger partial charge < -0.3 is 10.6 Å². The van der Waals surface area contributed by atoms with Crippen molar-refractivity contribution in [2.24, 2.45) is 0 Å². The molecule has 19 heavy (non-hydrogen) atoms. The molecule has 2 N–H and O–H groups in total. The summed E-state index contributed by atoms with van der Waals surface area (Å²) in [6, 6.07) is 0.0315. The van der Waals surface area contributed by atoms with E-state index in [1.807, 2.05) is 20.2 Å². The molecule has 1 aromatic rings. The van der Waals surface area contributed by atoms with Crippen LogP contribution in [0.1, 0.15) is 50.8 Å². The van der Waals surface area contributed by atoms with Crippen molar-refractivity contribution in [3.05, 3.63) is 11.9 Å². The molecule has 6 heteroatoms. The van der Waals surface area contributed by atoms with Gasteiger partial charge in [0.2, 0.25) is 5.91 Å². The van der Waals surface area contributed by atoms with Crippen LogP contribution in [0, 0.1) is 0 Å². The molecule has 106 valence electrons. The highest BCUT2D eigenvalue weighted by Crippen LogP contribution is 2.18. The highest BCUT2D eigenvalue weighted by molar-refractivity contribution is 5.80. The Balaban J connectivity index is 1.89. The van der Waals surface area contributed by atoms with Crippen LogP contribution in [0.15, 0.2) is 6.20 Å². The Morgan fingerprint density at radius 1 is 1.47 bits per heavy atom. The van der Waals surface area contributed by atoms with E-state index >= 15 is 0 Å². The van der Waals surface area contributed by atoms with E-state index in [-0.39, 0.29) is 11.9 Å². The van der Waals surface area contributed by atoms with Crippen LogP contribution >= 0.6 is 0 Å². The van der Waals surface area contributed by atoms with Gasteiger partial charge in [0, 0.05) is 12.6 Å². The van der Waals surface area contributed by atoms with Gasteiger partial charge in [0.05, 0.1) is 11.9 Å². The zero-order valence-electron chi connectivity index (χ0n) is 11.7. The van der Waals surface area contributed by atoms with Crippen LogP contribution in [0.5, 0.6) is 0 Å². The predicted octanol–water partition coefficient (Wildman–Crippen LogP) is 1.01. The maximum Gasteiger partial charge on any atom is 0.244 e. The van der Waals surface area contributed by atoms with Crippen LogP contribution in [0.25, 0.3) is 0 Å². The molecule has 1 aromatic heterocycles. The third-order valence-electron chi connectivity index (χ3n) is 3.64. The van der Waals surface area contributed by atoms with Gasteiger partial charge in [-0.3, -0.25) is 4.79 Å². The molecule has 6 nitrogen and oxygen atoms in total. The summed E-state index contributed by atoms with van der Waals surface area (Å²) >= 11 is 0. The fourth-order valence-electron chi connectivity index (χ4n) is 2.45. The number of rotatable bonds is 5. The molecule has 0 aromatic carbocycles. The minimum atomic E-state index is -0.306. The van der Waals surface area contributed by atoms with Crippen molar-refractivity contribution in [2.45, 2.75) is 57.7 Å². The monoisotopic (exact) mass is 265 g/mol. The highest BCUT2D eigenvalue weighted by atomic mass is 16.2. The molecule has 1 unspecified atom stereocenters. The number of nitrogens with one attached hydrogen (secondary N) is 2. The van der Waals surface area contributed by atoms with E-state index in [4.69, 9.17) is 0 Å². The molecule has 1 aliphatic rings. The van der Waals surface area contributed by atoms with E-state index in [2.05, 4.69) is 20.9 Å². The first kappa shape index (κ1) is 14.0. The molecule has 0 bridgehead atoms. The van der Waals surface area contributed by atoms with Gasteiger partial charge in [-0.25, -0.2) is 4.68 Å². The number of carbonyl (C=O) groups is 1. The van der Waals surface area contributed by atoms with Gasteiger partial charge in [-0.15, -0.1) is 5.10 Å². The molecule has 1 heterocycles. The molecule has 1 fully saturated rings. The van der Waals surface area contributed by atoms with Crippen LogP contribution in [0.2, 0.25) is 0 Å². The lowest BCUT2D eigenvalue weighted by Crippen LogP contribution is -2.40. The summed E-state index contributed by atoms with van der Waals surface area (Å²) in [6.45, 7) is 2.52. The molecule has 2 rings (SSSR count). The van der Waals surface area contributed by atoms with Gasteiger partial charge in [0.15, 0.2) is 0 Å². The number of nitrogens with zero attached hydrogens (tertiary/aromatic N) is 3. The highest BCUT2D eigenvalue weighted by Gasteiger charge is 2.21.